The number of primary amides is 1. The van der Waals surface area contributed by atoms with E-state index in [2.05, 4.69) is 0 Å². The Kier molecular flexibility index (Phi) is 17.7. The minimum atomic E-state index is -3.36. The van der Waals surface area contributed by atoms with Crippen LogP contribution in [0, 0.1) is 0 Å². The van der Waals surface area contributed by atoms with Crippen LogP contribution < -0.4 is 24.7 Å². The van der Waals surface area contributed by atoms with E-state index in [9.17, 15) is 22.8 Å². The molecule has 0 aromatic heterocycles. The van der Waals surface area contributed by atoms with Crippen molar-refractivity contribution < 1.29 is 60.7 Å². The topological polar surface area (TPSA) is 188 Å². The average Bonchev–Trinajstić information content (AvgIpc) is 3.66. The minimum absolute atomic E-state index is 0.0473. The van der Waals surface area contributed by atoms with E-state index in [1.54, 1.807) is 63.2 Å². The Hall–Kier alpha value is -6.98. The van der Waals surface area contributed by atoms with Gasteiger partial charge in [0.25, 0.3) is 5.91 Å². The molecule has 16 heteroatoms. The van der Waals surface area contributed by atoms with E-state index < -0.39 is 33.4 Å². The van der Waals surface area contributed by atoms with Crippen molar-refractivity contribution in [2.45, 2.75) is 63.3 Å². The van der Waals surface area contributed by atoms with E-state index in [1.165, 1.54) is 11.2 Å². The second-order valence-electron chi connectivity index (χ2n) is 17.8. The van der Waals surface area contributed by atoms with E-state index in [1.807, 2.05) is 84.9 Å². The molecule has 1 atom stereocenters. The Balaban J connectivity index is 0.795. The lowest BCUT2D eigenvalue weighted by Crippen LogP contribution is -2.45. The first-order valence-corrected chi connectivity index (χ1v) is 25.3. The number of esters is 1. The molecule has 0 saturated carbocycles. The summed E-state index contributed by atoms with van der Waals surface area (Å²) in [6.07, 6.45) is 1.20. The minimum Gasteiger partial charge on any atom is -0.491 e. The van der Waals surface area contributed by atoms with Gasteiger partial charge in [-0.1, -0.05) is 54.6 Å². The molecule has 0 aliphatic carbocycles. The molecule has 1 aliphatic rings. The molecule has 2 amide bonds. The van der Waals surface area contributed by atoms with Crippen molar-refractivity contribution in [3.8, 4) is 39.9 Å². The molecule has 1 aliphatic heterocycles. The van der Waals surface area contributed by atoms with Gasteiger partial charge in [-0.3, -0.25) is 14.4 Å². The number of benzene rings is 6. The van der Waals surface area contributed by atoms with Crippen LogP contribution in [-0.2, 0) is 51.5 Å². The number of hydrogen-bond donors (Lipinski definition) is 1. The maximum atomic E-state index is 13.3. The summed E-state index contributed by atoms with van der Waals surface area (Å²) in [7, 11) is -3.36. The molecular formula is C55H60N2O13S. The molecule has 0 fully saturated rings. The number of amides is 2. The van der Waals surface area contributed by atoms with Crippen LogP contribution in [0.3, 0.4) is 0 Å². The van der Waals surface area contributed by atoms with Crippen molar-refractivity contribution in [3.05, 3.63) is 144 Å². The van der Waals surface area contributed by atoms with Crippen LogP contribution in [0.4, 0.5) is 0 Å². The highest BCUT2D eigenvalue weighted by Gasteiger charge is 2.36. The monoisotopic (exact) mass is 988 g/mol. The zero-order chi connectivity index (χ0) is 50.4. The number of hydrogen-bond acceptors (Lipinski definition) is 13. The lowest BCUT2D eigenvalue weighted by atomic mass is 9.99. The predicted molar refractivity (Wildman–Crippen MR) is 268 cm³/mol. The molecule has 0 bridgehead atoms. The summed E-state index contributed by atoms with van der Waals surface area (Å²) in [5.41, 5.74) is 8.80. The molecule has 0 radical (unpaired) electrons. The second-order valence-corrected chi connectivity index (χ2v) is 19.8. The highest BCUT2D eigenvalue weighted by Crippen LogP contribution is 2.41. The third-order valence-corrected chi connectivity index (χ3v) is 12.4. The summed E-state index contributed by atoms with van der Waals surface area (Å²) in [5.74, 6) is 1.55. The number of sulfone groups is 1. The largest absolute Gasteiger partial charge is 0.491 e. The number of nitrogens with two attached hydrogens (primary N) is 1. The van der Waals surface area contributed by atoms with Crippen LogP contribution >= 0.6 is 0 Å². The van der Waals surface area contributed by atoms with Gasteiger partial charge in [0.1, 0.15) is 60.2 Å². The third-order valence-electron chi connectivity index (χ3n) is 11.2. The summed E-state index contributed by atoms with van der Waals surface area (Å²) in [6.45, 7) is 8.63. The smallest absolute Gasteiger partial charge is 0.306 e. The van der Waals surface area contributed by atoms with Crippen molar-refractivity contribution in [1.82, 2.24) is 4.90 Å². The van der Waals surface area contributed by atoms with E-state index in [0.717, 1.165) is 38.8 Å². The third kappa shape index (κ3) is 15.0. The molecule has 0 saturated heterocycles. The molecule has 1 heterocycles. The van der Waals surface area contributed by atoms with Crippen molar-refractivity contribution >= 4 is 38.4 Å². The van der Waals surface area contributed by atoms with Crippen molar-refractivity contribution in [2.75, 3.05) is 59.1 Å². The van der Waals surface area contributed by atoms with Gasteiger partial charge in [0.15, 0.2) is 9.84 Å². The van der Waals surface area contributed by atoms with Crippen LogP contribution in [-0.4, -0.2) is 102 Å². The molecule has 2 N–H and O–H groups in total. The number of carbonyl (C=O) groups excluding carboxylic acids is 3. The number of nitrogens with zero attached hydrogens (tertiary/aromatic N) is 1. The maximum absolute atomic E-state index is 13.3. The first kappa shape index (κ1) is 51.9. The Morgan fingerprint density at radius 2 is 1.25 bits per heavy atom. The number of carbonyl (C=O) groups is 3. The standard InChI is InChI=1S/C55H60N2O13S/c1-55(2,3)70-51(58)25-24-50(53(56)59)57-36-41-10-14-45(35-49(41)54(57)60)67-33-31-65-29-27-63-26-28-64-30-32-66-42-15-17-43(18-16-42)69-52-47(39-11-20-46(21-12-39)71(4,61)62)22-13-40-34-44(19-23-48(40)52)68-37-38-8-6-5-7-9-38/h5-23,34-35,50H,24-33,36-37H2,1-4H3,(H2,56,59)/t50-/m0/s1. The van der Waals surface area contributed by atoms with Crippen LogP contribution in [0.1, 0.15) is 55.1 Å². The van der Waals surface area contributed by atoms with Crippen LogP contribution in [0.15, 0.2) is 132 Å². The Morgan fingerprint density at radius 3 is 1.89 bits per heavy atom. The van der Waals surface area contributed by atoms with Crippen LogP contribution in [0.2, 0.25) is 0 Å². The van der Waals surface area contributed by atoms with Gasteiger partial charge < -0.3 is 48.5 Å². The van der Waals surface area contributed by atoms with Gasteiger partial charge in [0.2, 0.25) is 5.91 Å². The first-order valence-electron chi connectivity index (χ1n) is 23.4. The van der Waals surface area contributed by atoms with Gasteiger partial charge in [0, 0.05) is 35.7 Å². The van der Waals surface area contributed by atoms with Gasteiger partial charge in [-0.2, -0.15) is 0 Å². The van der Waals surface area contributed by atoms with Crippen molar-refractivity contribution in [2.24, 2.45) is 5.73 Å². The lowest BCUT2D eigenvalue weighted by molar-refractivity contribution is -0.155. The Bertz CT molecular complexity index is 2870. The van der Waals surface area contributed by atoms with Gasteiger partial charge in [0.05, 0.1) is 44.5 Å². The normalized spacial score (nSPS) is 12.9. The van der Waals surface area contributed by atoms with E-state index in [-0.39, 0.29) is 36.8 Å². The fraction of sp³-hybridized carbons (Fsp3) is 0.327. The van der Waals surface area contributed by atoms with Gasteiger partial charge in [-0.05, 0) is 122 Å². The summed E-state index contributed by atoms with van der Waals surface area (Å²) in [6, 6.07) is 38.1. The fourth-order valence-electron chi connectivity index (χ4n) is 7.77. The Labute approximate surface area is 414 Å². The molecule has 15 nitrogen and oxygen atoms in total. The van der Waals surface area contributed by atoms with E-state index >= 15 is 0 Å². The number of fused-ring (bicyclic) bond motifs is 2. The highest BCUT2D eigenvalue weighted by atomic mass is 32.2. The molecule has 71 heavy (non-hydrogen) atoms. The zero-order valence-corrected chi connectivity index (χ0v) is 41.2. The van der Waals surface area contributed by atoms with Gasteiger partial charge in [-0.15, -0.1) is 0 Å². The maximum Gasteiger partial charge on any atom is 0.306 e. The summed E-state index contributed by atoms with van der Waals surface area (Å²) < 4.78 is 71.0. The average molecular weight is 989 g/mol. The molecular weight excluding hydrogens is 929 g/mol. The SMILES string of the molecule is CC(C)(C)OC(=O)CC[C@@H](C(N)=O)N1Cc2ccc(OCCOCCOCCOCCOc3ccc(Oc4c(-c5ccc(S(C)(=O)=O)cc5)ccc5cc(OCc6ccccc6)ccc45)cc3)cc2C1=O. The first-order chi connectivity index (χ1) is 34.1. The van der Waals surface area contributed by atoms with Crippen molar-refractivity contribution in [3.63, 3.8) is 0 Å². The predicted octanol–water partition coefficient (Wildman–Crippen LogP) is 8.72. The van der Waals surface area contributed by atoms with Gasteiger partial charge in [-0.25, -0.2) is 8.42 Å². The molecule has 0 spiro atoms. The van der Waals surface area contributed by atoms with Gasteiger partial charge >= 0.3 is 5.97 Å². The summed E-state index contributed by atoms with van der Waals surface area (Å²) >= 11 is 0. The molecule has 6 aromatic rings. The molecule has 7 rings (SSSR count). The van der Waals surface area contributed by atoms with Crippen LogP contribution in [0.5, 0.6) is 28.7 Å². The molecule has 374 valence electrons. The van der Waals surface area contributed by atoms with Crippen molar-refractivity contribution in [1.29, 1.82) is 0 Å². The fourth-order valence-corrected chi connectivity index (χ4v) is 8.40. The molecule has 6 aromatic carbocycles. The van der Waals surface area contributed by atoms with E-state index in [4.69, 9.17) is 43.6 Å². The molecule has 0 unspecified atom stereocenters. The summed E-state index contributed by atoms with van der Waals surface area (Å²) in [4.78, 5) is 39.4. The highest BCUT2D eigenvalue weighted by molar-refractivity contribution is 7.90. The Morgan fingerprint density at radius 1 is 0.662 bits per heavy atom. The zero-order valence-electron chi connectivity index (χ0n) is 40.4. The number of rotatable bonds is 26. The lowest BCUT2D eigenvalue weighted by Gasteiger charge is -2.25. The summed E-state index contributed by atoms with van der Waals surface area (Å²) in [5, 5.41) is 1.78. The van der Waals surface area contributed by atoms with Crippen LogP contribution in [0.25, 0.3) is 21.9 Å². The quantitative estimate of drug-likeness (QED) is 0.0402. The number of ether oxygens (including phenoxy) is 8. The van der Waals surface area contributed by atoms with E-state index in [0.29, 0.717) is 81.4 Å². The second kappa shape index (κ2) is 24.2.